The molecule has 0 atom stereocenters. The van der Waals surface area contributed by atoms with Crippen LogP contribution in [-0.4, -0.2) is 11.1 Å². The molecule has 7 heteroatoms. The lowest BCUT2D eigenvalue weighted by Crippen LogP contribution is -2.19. The number of amides is 1. The van der Waals surface area contributed by atoms with E-state index in [9.17, 15) is 9.18 Å². The van der Waals surface area contributed by atoms with Gasteiger partial charge in [-0.05, 0) is 48.2 Å². The third-order valence-electron chi connectivity index (χ3n) is 3.75. The number of hydrogen-bond acceptors (Lipinski definition) is 4. The molecule has 2 aromatic carbocycles. The number of halogens is 2. The number of thioether (sulfide) groups is 1. The molecule has 1 aliphatic rings. The molecule has 1 fully saturated rings. The van der Waals surface area contributed by atoms with Crippen molar-refractivity contribution in [1.82, 2.24) is 5.32 Å². The second-order valence-corrected chi connectivity index (χ2v) is 7.59. The van der Waals surface area contributed by atoms with Crippen molar-refractivity contribution in [3.05, 3.63) is 81.6 Å². The monoisotopic (exact) mass is 442 g/mol. The van der Waals surface area contributed by atoms with Crippen LogP contribution < -0.4 is 5.32 Å². The zero-order chi connectivity index (χ0) is 18.8. The van der Waals surface area contributed by atoms with Crippen molar-refractivity contribution in [1.29, 1.82) is 0 Å². The number of rotatable bonds is 3. The minimum absolute atomic E-state index is 0.178. The number of furan rings is 1. The van der Waals surface area contributed by atoms with E-state index in [-0.39, 0.29) is 11.6 Å². The first-order chi connectivity index (χ1) is 13.1. The molecule has 134 valence electrons. The third-order valence-corrected chi connectivity index (χ3v) is 5.19. The van der Waals surface area contributed by atoms with Gasteiger partial charge in [0.25, 0.3) is 5.91 Å². The summed E-state index contributed by atoms with van der Waals surface area (Å²) in [6, 6.07) is 17.5. The minimum Gasteiger partial charge on any atom is -0.457 e. The summed E-state index contributed by atoms with van der Waals surface area (Å²) in [6.45, 7) is 0. The van der Waals surface area contributed by atoms with Crippen molar-refractivity contribution >= 4 is 50.5 Å². The van der Waals surface area contributed by atoms with Gasteiger partial charge in [-0.15, -0.1) is 0 Å². The highest BCUT2D eigenvalue weighted by molar-refractivity contribution is 9.10. The topological polar surface area (TPSA) is 54.6 Å². The Morgan fingerprint density at radius 3 is 2.63 bits per heavy atom. The Hall–Kier alpha value is -2.64. The molecule has 0 unspecified atom stereocenters. The van der Waals surface area contributed by atoms with Gasteiger partial charge in [-0.1, -0.05) is 40.2 Å². The van der Waals surface area contributed by atoms with E-state index in [2.05, 4.69) is 26.2 Å². The van der Waals surface area contributed by atoms with Gasteiger partial charge in [0, 0.05) is 16.1 Å². The summed E-state index contributed by atoms with van der Waals surface area (Å²) in [6.07, 6.45) is 1.65. The fourth-order valence-corrected chi connectivity index (χ4v) is 3.54. The maximum absolute atomic E-state index is 13.7. The zero-order valence-corrected chi connectivity index (χ0v) is 16.2. The quantitative estimate of drug-likeness (QED) is 0.526. The largest absolute Gasteiger partial charge is 0.457 e. The molecule has 0 saturated carbocycles. The first-order valence-corrected chi connectivity index (χ1v) is 9.59. The van der Waals surface area contributed by atoms with Gasteiger partial charge in [0.05, 0.1) is 4.91 Å². The van der Waals surface area contributed by atoms with E-state index in [1.165, 1.54) is 6.07 Å². The van der Waals surface area contributed by atoms with Gasteiger partial charge >= 0.3 is 0 Å². The van der Waals surface area contributed by atoms with Gasteiger partial charge < -0.3 is 9.73 Å². The van der Waals surface area contributed by atoms with E-state index in [0.29, 0.717) is 21.6 Å². The number of benzene rings is 2. The van der Waals surface area contributed by atoms with Gasteiger partial charge in [-0.3, -0.25) is 4.79 Å². The van der Waals surface area contributed by atoms with Crippen molar-refractivity contribution in [2.24, 2.45) is 4.99 Å². The molecule has 1 aliphatic heterocycles. The second-order valence-electron chi connectivity index (χ2n) is 5.64. The van der Waals surface area contributed by atoms with Crippen LogP contribution in [-0.2, 0) is 4.79 Å². The third kappa shape index (κ3) is 4.04. The fraction of sp³-hybridized carbons (Fsp3) is 0. The van der Waals surface area contributed by atoms with Crippen LogP contribution in [0.3, 0.4) is 0 Å². The van der Waals surface area contributed by atoms with Gasteiger partial charge in [0.1, 0.15) is 23.0 Å². The molecule has 4 rings (SSSR count). The average Bonchev–Trinajstić information content (AvgIpc) is 3.25. The Morgan fingerprint density at radius 1 is 1.07 bits per heavy atom. The Kier molecular flexibility index (Phi) is 4.96. The van der Waals surface area contributed by atoms with Crippen LogP contribution in [0.15, 0.2) is 79.5 Å². The molecule has 3 aromatic rings. The molecule has 27 heavy (non-hydrogen) atoms. The highest BCUT2D eigenvalue weighted by Gasteiger charge is 2.24. The SMILES string of the molecule is O=C1NC(=Nc2ccccc2F)S/C1=C/c1ccc(-c2ccc(Br)cc2)o1. The molecule has 0 radical (unpaired) electrons. The number of aliphatic imine (C=N–C) groups is 1. The fourth-order valence-electron chi connectivity index (χ4n) is 2.46. The maximum Gasteiger partial charge on any atom is 0.264 e. The Bertz CT molecular complexity index is 1070. The highest BCUT2D eigenvalue weighted by atomic mass is 79.9. The minimum atomic E-state index is -0.442. The van der Waals surface area contributed by atoms with Crippen LogP contribution >= 0.6 is 27.7 Å². The van der Waals surface area contributed by atoms with E-state index in [0.717, 1.165) is 21.8 Å². The molecule has 1 saturated heterocycles. The zero-order valence-electron chi connectivity index (χ0n) is 13.8. The van der Waals surface area contributed by atoms with E-state index in [4.69, 9.17) is 4.42 Å². The van der Waals surface area contributed by atoms with Gasteiger partial charge in [-0.25, -0.2) is 9.38 Å². The standard InChI is InChI=1S/C20H12BrFN2O2S/c21-13-7-5-12(6-8-13)17-10-9-14(26-17)11-18-19(25)24-20(27-18)23-16-4-2-1-3-15(16)22/h1-11H,(H,23,24,25)/b18-11+. The number of hydrogen-bond donors (Lipinski definition) is 1. The molecule has 2 heterocycles. The van der Waals surface area contributed by atoms with Crippen LogP contribution in [0.1, 0.15) is 5.76 Å². The number of amidine groups is 1. The smallest absolute Gasteiger partial charge is 0.264 e. The predicted octanol–water partition coefficient (Wildman–Crippen LogP) is 5.74. The van der Waals surface area contributed by atoms with Crippen LogP contribution in [0.4, 0.5) is 10.1 Å². The average molecular weight is 443 g/mol. The van der Waals surface area contributed by atoms with Gasteiger partial charge in [0.2, 0.25) is 0 Å². The number of carbonyl (C=O) groups excluding carboxylic acids is 1. The van der Waals surface area contributed by atoms with E-state index >= 15 is 0 Å². The lowest BCUT2D eigenvalue weighted by Gasteiger charge is -1.97. The van der Waals surface area contributed by atoms with Crippen LogP contribution in [0.25, 0.3) is 17.4 Å². The van der Waals surface area contributed by atoms with Gasteiger partial charge in [-0.2, -0.15) is 0 Å². The highest BCUT2D eigenvalue weighted by Crippen LogP contribution is 2.30. The van der Waals surface area contributed by atoms with Crippen molar-refractivity contribution in [2.75, 3.05) is 0 Å². The summed E-state index contributed by atoms with van der Waals surface area (Å²) in [5.74, 6) is 0.523. The van der Waals surface area contributed by atoms with Crippen molar-refractivity contribution in [3.63, 3.8) is 0 Å². The van der Waals surface area contributed by atoms with Crippen LogP contribution in [0, 0.1) is 5.82 Å². The van der Waals surface area contributed by atoms with Crippen molar-refractivity contribution in [3.8, 4) is 11.3 Å². The molecular weight excluding hydrogens is 431 g/mol. The molecule has 0 spiro atoms. The summed E-state index contributed by atoms with van der Waals surface area (Å²) in [4.78, 5) is 16.7. The first kappa shape index (κ1) is 17.8. The normalized spacial score (nSPS) is 16.9. The molecule has 1 aromatic heterocycles. The molecule has 0 aliphatic carbocycles. The first-order valence-electron chi connectivity index (χ1n) is 7.98. The second kappa shape index (κ2) is 7.54. The summed E-state index contributed by atoms with van der Waals surface area (Å²) >= 11 is 4.54. The molecule has 1 amide bonds. The molecule has 0 bridgehead atoms. The number of nitrogens with zero attached hydrogens (tertiary/aromatic N) is 1. The van der Waals surface area contributed by atoms with Crippen LogP contribution in [0.5, 0.6) is 0 Å². The predicted molar refractivity (Wildman–Crippen MR) is 109 cm³/mol. The van der Waals surface area contributed by atoms with Crippen molar-refractivity contribution < 1.29 is 13.6 Å². The van der Waals surface area contributed by atoms with Gasteiger partial charge in [0.15, 0.2) is 5.17 Å². The number of para-hydroxylation sites is 1. The maximum atomic E-state index is 13.7. The Labute approximate surface area is 167 Å². The van der Waals surface area contributed by atoms with E-state index in [1.807, 2.05) is 30.3 Å². The van der Waals surface area contributed by atoms with E-state index < -0.39 is 5.82 Å². The molecular formula is C20H12BrFN2O2S. The summed E-state index contributed by atoms with van der Waals surface area (Å²) in [5, 5.41) is 2.97. The lowest BCUT2D eigenvalue weighted by molar-refractivity contribution is -0.115. The van der Waals surface area contributed by atoms with E-state index in [1.54, 1.807) is 30.3 Å². The summed E-state index contributed by atoms with van der Waals surface area (Å²) < 4.78 is 20.5. The number of carbonyl (C=O) groups is 1. The number of nitrogens with one attached hydrogen (secondary N) is 1. The van der Waals surface area contributed by atoms with Crippen molar-refractivity contribution in [2.45, 2.75) is 0 Å². The summed E-state index contributed by atoms with van der Waals surface area (Å²) in [7, 11) is 0. The van der Waals surface area contributed by atoms with Crippen LogP contribution in [0.2, 0.25) is 0 Å². The summed E-state index contributed by atoms with van der Waals surface area (Å²) in [5.41, 5.74) is 1.12. The molecule has 4 nitrogen and oxygen atoms in total. The molecule has 1 N–H and O–H groups in total. The Morgan fingerprint density at radius 2 is 1.85 bits per heavy atom. The lowest BCUT2D eigenvalue weighted by atomic mass is 10.2. The Balaban J connectivity index is 1.55.